The summed E-state index contributed by atoms with van der Waals surface area (Å²) in [6.07, 6.45) is -0.633. The van der Waals surface area contributed by atoms with Crippen molar-refractivity contribution in [2.45, 2.75) is 13.0 Å². The first-order valence-corrected chi connectivity index (χ1v) is 5.16. The highest BCUT2D eigenvalue weighted by atomic mass is 79.9. The molecule has 0 aromatic carbocycles. The van der Waals surface area contributed by atoms with Gasteiger partial charge in [0.05, 0.1) is 15.4 Å². The van der Waals surface area contributed by atoms with Crippen molar-refractivity contribution in [2.75, 3.05) is 5.88 Å². The van der Waals surface area contributed by atoms with Gasteiger partial charge < -0.3 is 5.11 Å². The molecule has 2 nitrogen and oxygen atoms in total. The highest BCUT2D eigenvalue weighted by Gasteiger charge is 2.12. The molecule has 0 saturated carbocycles. The average Bonchev–Trinajstić information content (AvgIpc) is 2.31. The van der Waals surface area contributed by atoms with Gasteiger partial charge in [0.1, 0.15) is 11.1 Å². The van der Waals surface area contributed by atoms with Crippen molar-refractivity contribution in [1.29, 1.82) is 0 Å². The summed E-state index contributed by atoms with van der Waals surface area (Å²) < 4.78 is 0.955. The lowest BCUT2D eigenvalue weighted by atomic mass is 10.4. The molecule has 0 aliphatic carbocycles. The Hall–Kier alpha value is 0.360. The van der Waals surface area contributed by atoms with Crippen molar-refractivity contribution >= 4 is 38.9 Å². The second kappa shape index (κ2) is 3.85. The fourth-order valence-corrected chi connectivity index (χ4v) is 2.21. The molecule has 1 aromatic rings. The Morgan fingerprint density at radius 1 is 1.82 bits per heavy atom. The van der Waals surface area contributed by atoms with Gasteiger partial charge in [0.15, 0.2) is 0 Å². The second-order valence-electron chi connectivity index (χ2n) is 2.08. The zero-order chi connectivity index (χ0) is 8.43. The number of rotatable bonds is 2. The van der Waals surface area contributed by atoms with Crippen LogP contribution in [-0.4, -0.2) is 16.0 Å². The second-order valence-corrected chi connectivity index (χ2v) is 4.74. The molecule has 5 heteroatoms. The highest BCUT2D eigenvalue weighted by Crippen LogP contribution is 2.28. The quantitative estimate of drug-likeness (QED) is 0.825. The van der Waals surface area contributed by atoms with E-state index in [1.807, 2.05) is 6.92 Å². The molecule has 1 heterocycles. The molecule has 1 aromatic heterocycles. The number of aryl methyl sites for hydroxylation is 1. The molecule has 0 spiro atoms. The van der Waals surface area contributed by atoms with E-state index in [4.69, 9.17) is 11.6 Å². The maximum absolute atomic E-state index is 9.26. The van der Waals surface area contributed by atoms with Crippen molar-refractivity contribution in [2.24, 2.45) is 0 Å². The molecule has 1 atom stereocenters. The minimum absolute atomic E-state index is 0.194. The van der Waals surface area contributed by atoms with Crippen molar-refractivity contribution in [1.82, 2.24) is 4.98 Å². The Morgan fingerprint density at radius 2 is 2.45 bits per heavy atom. The first-order valence-electron chi connectivity index (χ1n) is 3.02. The summed E-state index contributed by atoms with van der Waals surface area (Å²) >= 11 is 10.2. The predicted octanol–water partition coefficient (Wildman–Crippen LogP) is 2.49. The van der Waals surface area contributed by atoms with Gasteiger partial charge in [-0.15, -0.1) is 22.9 Å². The van der Waals surface area contributed by atoms with Crippen LogP contribution in [0.15, 0.2) is 3.79 Å². The lowest BCUT2D eigenvalue weighted by molar-refractivity contribution is 0.202. The third-order valence-corrected chi connectivity index (χ3v) is 3.59. The van der Waals surface area contributed by atoms with Gasteiger partial charge in [0.2, 0.25) is 0 Å². The first-order chi connectivity index (χ1) is 5.15. The van der Waals surface area contributed by atoms with Crippen molar-refractivity contribution in [3.05, 3.63) is 14.5 Å². The number of thiazole rings is 1. The molecule has 11 heavy (non-hydrogen) atoms. The van der Waals surface area contributed by atoms with Gasteiger partial charge in [-0.3, -0.25) is 0 Å². The summed E-state index contributed by atoms with van der Waals surface area (Å²) in [5.41, 5.74) is 0.897. The van der Waals surface area contributed by atoms with Crippen LogP contribution in [0.25, 0.3) is 0 Å². The molecule has 0 radical (unpaired) electrons. The largest absolute Gasteiger partial charge is 0.385 e. The lowest BCUT2D eigenvalue weighted by Gasteiger charge is -1.98. The van der Waals surface area contributed by atoms with Crippen molar-refractivity contribution in [3.8, 4) is 0 Å². The van der Waals surface area contributed by atoms with E-state index >= 15 is 0 Å². The van der Waals surface area contributed by atoms with E-state index < -0.39 is 6.10 Å². The molecule has 1 rings (SSSR count). The van der Waals surface area contributed by atoms with Crippen LogP contribution in [0.5, 0.6) is 0 Å². The molecule has 0 bridgehead atoms. The summed E-state index contributed by atoms with van der Waals surface area (Å²) in [5.74, 6) is 0.194. The van der Waals surface area contributed by atoms with Crippen LogP contribution in [0, 0.1) is 6.92 Å². The number of aliphatic hydroxyl groups excluding tert-OH is 1. The maximum Gasteiger partial charge on any atom is 0.124 e. The Morgan fingerprint density at radius 3 is 2.82 bits per heavy atom. The van der Waals surface area contributed by atoms with Crippen LogP contribution in [0.1, 0.15) is 16.8 Å². The highest BCUT2D eigenvalue weighted by molar-refractivity contribution is 9.11. The van der Waals surface area contributed by atoms with E-state index in [-0.39, 0.29) is 5.88 Å². The summed E-state index contributed by atoms with van der Waals surface area (Å²) in [6, 6.07) is 0. The molecular formula is C6H7BrClNOS. The van der Waals surface area contributed by atoms with Crippen molar-refractivity contribution in [3.63, 3.8) is 0 Å². The summed E-state index contributed by atoms with van der Waals surface area (Å²) in [6.45, 7) is 1.88. The average molecular weight is 257 g/mol. The first kappa shape index (κ1) is 9.45. The fraction of sp³-hybridized carbons (Fsp3) is 0.500. The van der Waals surface area contributed by atoms with E-state index in [9.17, 15) is 5.11 Å². The molecule has 1 unspecified atom stereocenters. The molecule has 0 fully saturated rings. The fourth-order valence-electron chi connectivity index (χ4n) is 0.606. The Balaban J connectivity index is 2.88. The smallest absolute Gasteiger partial charge is 0.124 e. The van der Waals surface area contributed by atoms with E-state index in [1.54, 1.807) is 0 Å². The number of aromatic nitrogens is 1. The van der Waals surface area contributed by atoms with Crippen LogP contribution in [0.2, 0.25) is 0 Å². The third kappa shape index (κ3) is 2.15. The van der Waals surface area contributed by atoms with Crippen LogP contribution < -0.4 is 0 Å². The minimum Gasteiger partial charge on any atom is -0.385 e. The van der Waals surface area contributed by atoms with Gasteiger partial charge in [0.25, 0.3) is 0 Å². The number of hydrogen-bond donors (Lipinski definition) is 1. The monoisotopic (exact) mass is 255 g/mol. The Bertz CT molecular complexity index is 233. The molecule has 0 aliphatic rings. The zero-order valence-corrected chi connectivity index (χ0v) is 9.00. The Kier molecular flexibility index (Phi) is 3.30. The topological polar surface area (TPSA) is 33.1 Å². The number of aliphatic hydroxyl groups is 1. The van der Waals surface area contributed by atoms with Crippen LogP contribution in [0.3, 0.4) is 0 Å². The molecule has 62 valence electrons. The molecule has 1 N–H and O–H groups in total. The standard InChI is InChI=1S/C6H7BrClNOS/c1-3-5(7)11-6(9-3)4(10)2-8/h4,10H,2H2,1H3. The van der Waals surface area contributed by atoms with E-state index in [2.05, 4.69) is 20.9 Å². The van der Waals surface area contributed by atoms with E-state index in [0.29, 0.717) is 5.01 Å². The summed E-state index contributed by atoms with van der Waals surface area (Å²) in [7, 11) is 0. The van der Waals surface area contributed by atoms with Gasteiger partial charge in [0, 0.05) is 0 Å². The van der Waals surface area contributed by atoms with Gasteiger partial charge in [-0.1, -0.05) is 0 Å². The number of nitrogens with zero attached hydrogens (tertiary/aromatic N) is 1. The Labute approximate surface area is 82.4 Å². The molecule has 0 aliphatic heterocycles. The number of halogens is 2. The lowest BCUT2D eigenvalue weighted by Crippen LogP contribution is -1.97. The molecule has 0 saturated heterocycles. The zero-order valence-electron chi connectivity index (χ0n) is 5.84. The van der Waals surface area contributed by atoms with Gasteiger partial charge in [-0.05, 0) is 22.9 Å². The normalized spacial score (nSPS) is 13.5. The van der Waals surface area contributed by atoms with Gasteiger partial charge in [-0.2, -0.15) is 0 Å². The minimum atomic E-state index is -0.633. The van der Waals surface area contributed by atoms with E-state index in [0.717, 1.165) is 9.48 Å². The van der Waals surface area contributed by atoms with Gasteiger partial charge >= 0.3 is 0 Å². The number of alkyl halides is 1. The van der Waals surface area contributed by atoms with E-state index in [1.165, 1.54) is 11.3 Å². The van der Waals surface area contributed by atoms with Crippen LogP contribution in [-0.2, 0) is 0 Å². The summed E-state index contributed by atoms with van der Waals surface area (Å²) in [5, 5.41) is 9.93. The summed E-state index contributed by atoms with van der Waals surface area (Å²) in [4.78, 5) is 4.12. The third-order valence-electron chi connectivity index (χ3n) is 1.19. The number of hydrogen-bond acceptors (Lipinski definition) is 3. The SMILES string of the molecule is Cc1nc(C(O)CCl)sc1Br. The molecule has 0 amide bonds. The van der Waals surface area contributed by atoms with Crippen LogP contribution in [0.4, 0.5) is 0 Å². The van der Waals surface area contributed by atoms with Crippen molar-refractivity contribution < 1.29 is 5.11 Å². The van der Waals surface area contributed by atoms with Gasteiger partial charge in [-0.25, -0.2) is 4.98 Å². The predicted molar refractivity (Wildman–Crippen MR) is 50.2 cm³/mol. The molecular weight excluding hydrogens is 249 g/mol. The maximum atomic E-state index is 9.26. The van der Waals surface area contributed by atoms with Crippen LogP contribution >= 0.6 is 38.9 Å².